The van der Waals surface area contributed by atoms with E-state index in [1.54, 1.807) is 0 Å². The van der Waals surface area contributed by atoms with Gasteiger partial charge in [0.15, 0.2) is 5.96 Å². The molecule has 0 aliphatic carbocycles. The summed E-state index contributed by atoms with van der Waals surface area (Å²) >= 11 is 1.83. The zero-order chi connectivity index (χ0) is 14.1. The molecule has 1 spiro atoms. The highest BCUT2D eigenvalue weighted by Crippen LogP contribution is 2.38. The third-order valence-electron chi connectivity index (χ3n) is 4.79. The van der Waals surface area contributed by atoms with E-state index in [-0.39, 0.29) is 0 Å². The first-order valence-electron chi connectivity index (χ1n) is 7.48. The van der Waals surface area contributed by atoms with E-state index in [0.717, 1.165) is 50.2 Å². The highest BCUT2D eigenvalue weighted by Gasteiger charge is 2.42. The van der Waals surface area contributed by atoms with Gasteiger partial charge in [-0.05, 0) is 25.0 Å². The van der Waals surface area contributed by atoms with E-state index >= 15 is 0 Å². The summed E-state index contributed by atoms with van der Waals surface area (Å²) in [6, 6.07) is 0. The number of nitrogens with one attached hydrogen (secondary N) is 1. The van der Waals surface area contributed by atoms with Crippen molar-refractivity contribution >= 4 is 17.7 Å². The molecule has 20 heavy (non-hydrogen) atoms. The number of aliphatic imine (C=N–C) groups is 1. The Morgan fingerprint density at radius 1 is 1.45 bits per heavy atom. The van der Waals surface area contributed by atoms with E-state index < -0.39 is 5.60 Å². The van der Waals surface area contributed by atoms with Gasteiger partial charge in [0.1, 0.15) is 0 Å². The van der Waals surface area contributed by atoms with Crippen LogP contribution in [0.5, 0.6) is 0 Å². The first kappa shape index (κ1) is 14.5. The molecule has 0 radical (unpaired) electrons. The van der Waals surface area contributed by atoms with E-state index in [0.29, 0.717) is 12.0 Å². The van der Waals surface area contributed by atoms with Gasteiger partial charge in [-0.15, -0.1) is 0 Å². The summed E-state index contributed by atoms with van der Waals surface area (Å²) in [6.07, 6.45) is 3.23. The lowest BCUT2D eigenvalue weighted by Crippen LogP contribution is -2.48. The molecule has 114 valence electrons. The predicted octanol–water partition coefficient (Wildman–Crippen LogP) is 0.542. The largest absolute Gasteiger partial charge is 0.387 e. The Labute approximate surface area is 125 Å². The summed E-state index contributed by atoms with van der Waals surface area (Å²) in [5.74, 6) is 2.81. The van der Waals surface area contributed by atoms with Crippen LogP contribution in [0.25, 0.3) is 0 Å². The molecule has 0 amide bonds. The van der Waals surface area contributed by atoms with E-state index in [4.69, 9.17) is 4.74 Å². The molecule has 3 rings (SSSR count). The highest BCUT2D eigenvalue weighted by molar-refractivity contribution is 7.99. The lowest BCUT2D eigenvalue weighted by molar-refractivity contribution is 0.0717. The number of guanidine groups is 1. The van der Waals surface area contributed by atoms with Crippen molar-refractivity contribution in [2.24, 2.45) is 10.4 Å². The molecule has 3 saturated heterocycles. The summed E-state index contributed by atoms with van der Waals surface area (Å²) in [6.45, 7) is 4.46. The van der Waals surface area contributed by atoms with Crippen molar-refractivity contribution in [1.29, 1.82) is 0 Å². The van der Waals surface area contributed by atoms with Crippen molar-refractivity contribution in [3.63, 3.8) is 0 Å². The minimum Gasteiger partial charge on any atom is -0.387 e. The SMILES string of the molecule is CN=C(NCC1(O)CCSC1)N1CCC2(CCOC2)C1. The van der Waals surface area contributed by atoms with Gasteiger partial charge in [0.25, 0.3) is 0 Å². The Bertz CT molecular complexity index is 377. The second-order valence-corrected chi connectivity index (χ2v) is 7.51. The quantitative estimate of drug-likeness (QED) is 0.576. The van der Waals surface area contributed by atoms with Crippen LogP contribution in [0, 0.1) is 5.41 Å². The van der Waals surface area contributed by atoms with Crippen LogP contribution in [0.3, 0.4) is 0 Å². The fourth-order valence-electron chi connectivity index (χ4n) is 3.40. The van der Waals surface area contributed by atoms with Crippen LogP contribution in [0.4, 0.5) is 0 Å². The van der Waals surface area contributed by atoms with Gasteiger partial charge in [-0.1, -0.05) is 0 Å². The molecule has 0 aromatic heterocycles. The molecule has 0 aromatic carbocycles. The molecule has 0 bridgehead atoms. The van der Waals surface area contributed by atoms with E-state index in [2.05, 4.69) is 15.2 Å². The predicted molar refractivity (Wildman–Crippen MR) is 82.3 cm³/mol. The molecule has 0 saturated carbocycles. The average Bonchev–Trinajstić information content (AvgIpc) is 3.16. The lowest BCUT2D eigenvalue weighted by Gasteiger charge is -2.28. The molecule has 2 unspecified atom stereocenters. The number of aliphatic hydroxyl groups is 1. The number of hydrogen-bond acceptors (Lipinski definition) is 4. The van der Waals surface area contributed by atoms with Gasteiger partial charge in [-0.25, -0.2) is 0 Å². The summed E-state index contributed by atoms with van der Waals surface area (Å²) in [5, 5.41) is 13.8. The Balaban J connectivity index is 1.55. The Hall–Kier alpha value is -0.460. The van der Waals surface area contributed by atoms with Crippen LogP contribution in [-0.2, 0) is 4.74 Å². The van der Waals surface area contributed by atoms with Gasteiger partial charge in [-0.3, -0.25) is 4.99 Å². The van der Waals surface area contributed by atoms with Crippen LogP contribution in [-0.4, -0.2) is 73.0 Å². The van der Waals surface area contributed by atoms with E-state index in [9.17, 15) is 5.11 Å². The Kier molecular flexibility index (Phi) is 4.15. The second kappa shape index (κ2) is 5.73. The Morgan fingerprint density at radius 2 is 2.35 bits per heavy atom. The summed E-state index contributed by atoms with van der Waals surface area (Å²) in [7, 11) is 1.83. The topological polar surface area (TPSA) is 57.1 Å². The van der Waals surface area contributed by atoms with Crippen molar-refractivity contribution in [3.05, 3.63) is 0 Å². The van der Waals surface area contributed by atoms with Gasteiger partial charge in [0.2, 0.25) is 0 Å². The fraction of sp³-hybridized carbons (Fsp3) is 0.929. The number of ether oxygens (including phenoxy) is 1. The van der Waals surface area contributed by atoms with E-state index in [1.165, 1.54) is 12.8 Å². The van der Waals surface area contributed by atoms with Crippen LogP contribution in [0.1, 0.15) is 19.3 Å². The molecule has 0 aromatic rings. The third-order valence-corrected chi connectivity index (χ3v) is 6.03. The Morgan fingerprint density at radius 3 is 3.00 bits per heavy atom. The van der Waals surface area contributed by atoms with Crippen molar-refractivity contribution in [3.8, 4) is 0 Å². The van der Waals surface area contributed by atoms with Crippen molar-refractivity contribution < 1.29 is 9.84 Å². The molecule has 2 atom stereocenters. The maximum absolute atomic E-state index is 10.4. The maximum Gasteiger partial charge on any atom is 0.193 e. The standard InChI is InChI=1S/C14H25N3O2S/c1-15-12(16-8-14(18)4-7-20-11-14)17-5-2-13(9-17)3-6-19-10-13/h18H,2-11H2,1H3,(H,15,16). The molecule has 6 heteroatoms. The maximum atomic E-state index is 10.4. The second-order valence-electron chi connectivity index (χ2n) is 6.40. The first-order chi connectivity index (χ1) is 9.65. The van der Waals surface area contributed by atoms with Crippen molar-refractivity contribution in [2.45, 2.75) is 24.9 Å². The summed E-state index contributed by atoms with van der Waals surface area (Å²) in [5.41, 5.74) is -0.216. The van der Waals surface area contributed by atoms with Gasteiger partial charge < -0.3 is 20.1 Å². The van der Waals surface area contributed by atoms with Crippen molar-refractivity contribution in [1.82, 2.24) is 10.2 Å². The highest BCUT2D eigenvalue weighted by atomic mass is 32.2. The fourth-order valence-corrected chi connectivity index (χ4v) is 4.69. The molecule has 3 heterocycles. The number of likely N-dealkylation sites (tertiary alicyclic amines) is 1. The first-order valence-corrected chi connectivity index (χ1v) is 8.64. The molecule has 5 nitrogen and oxygen atoms in total. The molecule has 3 aliphatic rings. The van der Waals surface area contributed by atoms with Crippen LogP contribution in [0.2, 0.25) is 0 Å². The van der Waals surface area contributed by atoms with Crippen molar-refractivity contribution in [2.75, 3.05) is 51.4 Å². The lowest BCUT2D eigenvalue weighted by atomic mass is 9.87. The average molecular weight is 299 g/mol. The van der Waals surface area contributed by atoms with Gasteiger partial charge in [-0.2, -0.15) is 11.8 Å². The number of thioether (sulfide) groups is 1. The van der Waals surface area contributed by atoms with Gasteiger partial charge >= 0.3 is 0 Å². The zero-order valence-electron chi connectivity index (χ0n) is 12.2. The molecular formula is C14H25N3O2S. The molecule has 3 fully saturated rings. The smallest absolute Gasteiger partial charge is 0.193 e. The number of hydrogen-bond donors (Lipinski definition) is 2. The molecule has 2 N–H and O–H groups in total. The van der Waals surface area contributed by atoms with Crippen LogP contribution >= 0.6 is 11.8 Å². The monoisotopic (exact) mass is 299 g/mol. The van der Waals surface area contributed by atoms with Gasteiger partial charge in [0.05, 0.1) is 12.2 Å². The number of nitrogens with zero attached hydrogens (tertiary/aromatic N) is 2. The minimum atomic E-state index is -0.561. The van der Waals surface area contributed by atoms with Crippen LogP contribution in [0.15, 0.2) is 4.99 Å². The minimum absolute atomic E-state index is 0.345. The molecule has 3 aliphatic heterocycles. The molecular weight excluding hydrogens is 274 g/mol. The normalized spacial score (nSPS) is 38.1. The third kappa shape index (κ3) is 2.92. The summed E-state index contributed by atoms with van der Waals surface area (Å²) < 4.78 is 5.57. The zero-order valence-corrected chi connectivity index (χ0v) is 13.0. The number of rotatable bonds is 2. The van der Waals surface area contributed by atoms with Crippen LogP contribution < -0.4 is 5.32 Å². The summed E-state index contributed by atoms with van der Waals surface area (Å²) in [4.78, 5) is 6.71. The van der Waals surface area contributed by atoms with Gasteiger partial charge in [0, 0.05) is 44.5 Å². The van der Waals surface area contributed by atoms with E-state index in [1.807, 2.05) is 18.8 Å².